The minimum atomic E-state index is -4.71. The zero-order chi connectivity index (χ0) is 31.2. The minimum absolute atomic E-state index is 0.0322. The van der Waals surface area contributed by atoms with Crippen molar-refractivity contribution in [1.82, 2.24) is 14.8 Å². The van der Waals surface area contributed by atoms with Gasteiger partial charge in [-0.1, -0.05) is 6.07 Å². The van der Waals surface area contributed by atoms with Gasteiger partial charge in [0.2, 0.25) is 5.88 Å². The molecule has 0 bridgehead atoms. The van der Waals surface area contributed by atoms with Crippen LogP contribution in [0.2, 0.25) is 0 Å². The predicted octanol–water partition coefficient (Wildman–Crippen LogP) is 6.99. The molecule has 1 unspecified atom stereocenters. The van der Waals surface area contributed by atoms with Crippen molar-refractivity contribution in [3.05, 3.63) is 88.9 Å². The van der Waals surface area contributed by atoms with E-state index in [1.54, 1.807) is 19.1 Å². The Morgan fingerprint density at radius 2 is 1.82 bits per heavy atom. The summed E-state index contributed by atoms with van der Waals surface area (Å²) in [6, 6.07) is 13.2. The van der Waals surface area contributed by atoms with Crippen LogP contribution in [0.1, 0.15) is 64.8 Å². The van der Waals surface area contributed by atoms with Crippen LogP contribution in [0, 0.1) is 0 Å². The molecule has 0 saturated heterocycles. The summed E-state index contributed by atoms with van der Waals surface area (Å²) in [7, 11) is 1.26. The lowest BCUT2D eigenvalue weighted by Crippen LogP contribution is -2.25. The topological polar surface area (TPSA) is 93.9 Å². The number of halogens is 5. The fourth-order valence-corrected chi connectivity index (χ4v) is 5.20. The third-order valence-corrected chi connectivity index (χ3v) is 7.20. The standard InChI is InChI=1S/C30H24F5N3O6/c1-16(18-8-11-22-24(14-18)44-30(34,35)43-22)41-25-15-19(12-13-36-25)38-26-21(27(37-38)29(31,32)33)4-3-5-23(26)42-20-9-6-17(7-10-20)28(39)40-2/h6-16,23H,3-5H2,1-2H3/t16-,23?/m0/s1. The Kier molecular flexibility index (Phi) is 7.30. The van der Waals surface area contributed by atoms with Crippen LogP contribution in [-0.2, 0) is 17.3 Å². The molecule has 0 amide bonds. The zero-order valence-electron chi connectivity index (χ0n) is 23.2. The van der Waals surface area contributed by atoms with Gasteiger partial charge in [-0.05, 0) is 74.2 Å². The SMILES string of the molecule is COC(=O)c1ccc(OC2CCCc3c(C(F)(F)F)nn(-c4ccnc(O[C@@H](C)c5ccc6c(c5)OC(F)(F)O6)c4)c32)cc1. The van der Waals surface area contributed by atoms with Gasteiger partial charge in [0.1, 0.15) is 18.0 Å². The number of pyridine rings is 1. The summed E-state index contributed by atoms with van der Waals surface area (Å²) in [5.74, 6) is -0.396. The number of carbonyl (C=O) groups excluding carboxylic acids is 1. The van der Waals surface area contributed by atoms with E-state index in [9.17, 15) is 26.7 Å². The molecule has 2 atom stereocenters. The summed E-state index contributed by atoms with van der Waals surface area (Å²) in [6.45, 7) is 1.65. The molecule has 230 valence electrons. The smallest absolute Gasteiger partial charge is 0.484 e. The molecule has 2 aliphatic rings. The Bertz CT molecular complexity index is 1710. The van der Waals surface area contributed by atoms with Crippen molar-refractivity contribution in [3.8, 4) is 28.8 Å². The summed E-state index contributed by atoms with van der Waals surface area (Å²) in [5, 5.41) is 3.97. The highest BCUT2D eigenvalue weighted by Gasteiger charge is 2.44. The van der Waals surface area contributed by atoms with Gasteiger partial charge in [0.25, 0.3) is 0 Å². The fourth-order valence-electron chi connectivity index (χ4n) is 5.20. The number of hydrogen-bond donors (Lipinski definition) is 0. The van der Waals surface area contributed by atoms with Gasteiger partial charge in [-0.25, -0.2) is 14.5 Å². The highest BCUT2D eigenvalue weighted by Crippen LogP contribution is 2.44. The first-order valence-electron chi connectivity index (χ1n) is 13.5. The van der Waals surface area contributed by atoms with Crippen LogP contribution in [0.25, 0.3) is 5.69 Å². The second-order valence-corrected chi connectivity index (χ2v) is 10.1. The van der Waals surface area contributed by atoms with Gasteiger partial charge in [0, 0.05) is 17.8 Å². The lowest BCUT2D eigenvalue weighted by molar-refractivity contribution is -0.286. The molecule has 1 aliphatic carbocycles. The second kappa shape index (κ2) is 11.0. The highest BCUT2D eigenvalue weighted by atomic mass is 19.4. The lowest BCUT2D eigenvalue weighted by atomic mass is 9.93. The van der Waals surface area contributed by atoms with Gasteiger partial charge < -0.3 is 23.7 Å². The Morgan fingerprint density at radius 1 is 1.07 bits per heavy atom. The largest absolute Gasteiger partial charge is 0.586 e. The molecule has 0 saturated carbocycles. The van der Waals surface area contributed by atoms with E-state index in [4.69, 9.17) is 14.2 Å². The Balaban J connectivity index is 1.30. The van der Waals surface area contributed by atoms with Crippen LogP contribution in [-0.4, -0.2) is 34.1 Å². The monoisotopic (exact) mass is 617 g/mol. The first kappa shape index (κ1) is 29.2. The summed E-state index contributed by atoms with van der Waals surface area (Å²) >= 11 is 0. The number of nitrogens with zero attached hydrogens (tertiary/aromatic N) is 3. The van der Waals surface area contributed by atoms with E-state index in [0.29, 0.717) is 29.7 Å². The molecule has 0 fully saturated rings. The van der Waals surface area contributed by atoms with Gasteiger partial charge in [-0.15, -0.1) is 8.78 Å². The van der Waals surface area contributed by atoms with Crippen LogP contribution in [0.4, 0.5) is 22.0 Å². The van der Waals surface area contributed by atoms with Gasteiger partial charge in [-0.3, -0.25) is 0 Å². The van der Waals surface area contributed by atoms with Crippen molar-refractivity contribution in [2.24, 2.45) is 0 Å². The summed E-state index contributed by atoms with van der Waals surface area (Å²) in [4.78, 5) is 16.0. The molecule has 44 heavy (non-hydrogen) atoms. The van der Waals surface area contributed by atoms with Crippen molar-refractivity contribution in [2.45, 2.75) is 50.9 Å². The number of esters is 1. The Hall–Kier alpha value is -4.88. The van der Waals surface area contributed by atoms with E-state index in [1.807, 2.05) is 0 Å². The van der Waals surface area contributed by atoms with Crippen molar-refractivity contribution in [3.63, 3.8) is 0 Å². The number of fused-ring (bicyclic) bond motifs is 2. The maximum absolute atomic E-state index is 14.1. The van der Waals surface area contributed by atoms with Gasteiger partial charge in [-0.2, -0.15) is 18.3 Å². The third kappa shape index (κ3) is 5.71. The molecule has 0 radical (unpaired) electrons. The minimum Gasteiger partial charge on any atom is -0.484 e. The summed E-state index contributed by atoms with van der Waals surface area (Å²) in [6.07, 6.45) is -7.59. The molecular formula is C30H24F5N3O6. The first-order valence-corrected chi connectivity index (χ1v) is 13.5. The number of alkyl halides is 5. The van der Waals surface area contributed by atoms with Crippen molar-refractivity contribution >= 4 is 5.97 Å². The van der Waals surface area contributed by atoms with E-state index < -0.39 is 36.3 Å². The Morgan fingerprint density at radius 3 is 2.55 bits per heavy atom. The molecular weight excluding hydrogens is 593 g/mol. The predicted molar refractivity (Wildman–Crippen MR) is 142 cm³/mol. The number of rotatable bonds is 7. The van der Waals surface area contributed by atoms with E-state index >= 15 is 0 Å². The quantitative estimate of drug-likeness (QED) is 0.162. The molecule has 2 aromatic heterocycles. The zero-order valence-corrected chi connectivity index (χ0v) is 23.2. The van der Waals surface area contributed by atoms with Gasteiger partial charge in [0.15, 0.2) is 17.2 Å². The molecule has 0 spiro atoms. The maximum Gasteiger partial charge on any atom is 0.586 e. The fraction of sp³-hybridized carbons (Fsp3) is 0.300. The van der Waals surface area contributed by atoms with Crippen molar-refractivity contribution in [1.29, 1.82) is 0 Å². The van der Waals surface area contributed by atoms with Gasteiger partial charge in [0.05, 0.1) is 24.1 Å². The molecule has 2 aromatic carbocycles. The van der Waals surface area contributed by atoms with Crippen LogP contribution in [0.3, 0.4) is 0 Å². The third-order valence-electron chi connectivity index (χ3n) is 7.20. The van der Waals surface area contributed by atoms with E-state index in [2.05, 4.69) is 19.6 Å². The molecule has 1 aliphatic heterocycles. The van der Waals surface area contributed by atoms with E-state index in [0.717, 1.165) is 0 Å². The number of aromatic nitrogens is 3. The molecule has 0 N–H and O–H groups in total. The number of hydrogen-bond acceptors (Lipinski definition) is 8. The van der Waals surface area contributed by atoms with Crippen molar-refractivity contribution in [2.75, 3.05) is 7.11 Å². The van der Waals surface area contributed by atoms with Crippen LogP contribution in [0.15, 0.2) is 60.8 Å². The number of benzene rings is 2. The number of carbonyl (C=O) groups is 1. The maximum atomic E-state index is 14.1. The highest BCUT2D eigenvalue weighted by molar-refractivity contribution is 5.89. The average Bonchev–Trinajstić information content (AvgIpc) is 3.54. The number of ether oxygens (including phenoxy) is 5. The number of methoxy groups -OCH3 is 1. The molecule has 3 heterocycles. The Labute approximate surface area is 247 Å². The van der Waals surface area contributed by atoms with E-state index in [-0.39, 0.29) is 40.7 Å². The van der Waals surface area contributed by atoms with Gasteiger partial charge >= 0.3 is 18.4 Å². The van der Waals surface area contributed by atoms with Crippen LogP contribution < -0.4 is 18.9 Å². The second-order valence-electron chi connectivity index (χ2n) is 10.1. The van der Waals surface area contributed by atoms with Crippen molar-refractivity contribution < 1.29 is 50.4 Å². The normalized spacial score (nSPS) is 17.5. The first-order chi connectivity index (χ1) is 20.9. The van der Waals surface area contributed by atoms with Crippen LogP contribution >= 0.6 is 0 Å². The summed E-state index contributed by atoms with van der Waals surface area (Å²) < 4.78 is 96.1. The molecule has 6 rings (SSSR count). The molecule has 9 nitrogen and oxygen atoms in total. The molecule has 14 heteroatoms. The molecule has 4 aromatic rings. The van der Waals surface area contributed by atoms with Crippen LogP contribution in [0.5, 0.6) is 23.1 Å². The lowest BCUT2D eigenvalue weighted by Gasteiger charge is -2.26. The average molecular weight is 618 g/mol. The summed E-state index contributed by atoms with van der Waals surface area (Å²) in [5.41, 5.74) is 0.278. The van der Waals surface area contributed by atoms with E-state index in [1.165, 1.54) is 60.5 Å².